The summed E-state index contributed by atoms with van der Waals surface area (Å²) in [6, 6.07) is 16.3. The zero-order valence-corrected chi connectivity index (χ0v) is 13.1. The minimum Gasteiger partial charge on any atom is -0.437 e. The van der Waals surface area contributed by atoms with Gasteiger partial charge in [0.1, 0.15) is 17.8 Å². The van der Waals surface area contributed by atoms with Gasteiger partial charge in [0.2, 0.25) is 5.88 Å². The Morgan fingerprint density at radius 2 is 1.75 bits per heavy atom. The number of nitrogens with two attached hydrogens (primary N) is 1. The number of ketones is 1. The summed E-state index contributed by atoms with van der Waals surface area (Å²) in [4.78, 5) is 19.5. The van der Waals surface area contributed by atoms with Crippen LogP contribution in [0.2, 0.25) is 0 Å². The lowest BCUT2D eigenvalue weighted by Crippen LogP contribution is -2.03. The molecule has 0 saturated carbocycles. The van der Waals surface area contributed by atoms with Crippen molar-refractivity contribution < 1.29 is 9.53 Å². The van der Waals surface area contributed by atoms with E-state index in [2.05, 4.69) is 15.3 Å². The Kier molecular flexibility index (Phi) is 4.38. The molecule has 1 aromatic heterocycles. The van der Waals surface area contributed by atoms with E-state index in [1.54, 1.807) is 24.3 Å². The molecule has 0 aliphatic carbocycles. The number of Topliss-reactive ketones (excluding diaryl/α,β-unsaturated/α-hetero) is 1. The van der Waals surface area contributed by atoms with Crippen LogP contribution in [0.4, 0.5) is 17.2 Å². The van der Waals surface area contributed by atoms with E-state index in [-0.39, 0.29) is 11.7 Å². The van der Waals surface area contributed by atoms with Gasteiger partial charge in [-0.2, -0.15) is 4.98 Å². The highest BCUT2D eigenvalue weighted by atomic mass is 16.5. The first-order valence-corrected chi connectivity index (χ1v) is 7.35. The second-order valence-electron chi connectivity index (χ2n) is 5.11. The average Bonchev–Trinajstić information content (AvgIpc) is 2.60. The number of hydrogen-bond donors (Lipinski definition) is 2. The van der Waals surface area contributed by atoms with Crippen LogP contribution in [0.5, 0.6) is 11.6 Å². The van der Waals surface area contributed by atoms with Gasteiger partial charge in [-0.05, 0) is 43.3 Å². The van der Waals surface area contributed by atoms with Gasteiger partial charge in [0, 0.05) is 11.3 Å². The fourth-order valence-electron chi connectivity index (χ4n) is 2.09. The Labute approximate surface area is 139 Å². The van der Waals surface area contributed by atoms with E-state index in [0.29, 0.717) is 22.8 Å². The number of nitrogens with one attached hydrogen (secondary N) is 1. The van der Waals surface area contributed by atoms with Gasteiger partial charge in [0.15, 0.2) is 11.6 Å². The number of carbonyl (C=O) groups excluding carboxylic acids is 1. The van der Waals surface area contributed by atoms with Crippen molar-refractivity contribution in [3.05, 3.63) is 66.5 Å². The van der Waals surface area contributed by atoms with E-state index in [1.807, 2.05) is 30.3 Å². The molecule has 0 aliphatic rings. The molecule has 0 bridgehead atoms. The summed E-state index contributed by atoms with van der Waals surface area (Å²) in [5.74, 6) is 1.37. The highest BCUT2D eigenvalue weighted by molar-refractivity contribution is 5.94. The number of anilines is 3. The number of para-hydroxylation sites is 1. The Bertz CT molecular complexity index is 849. The molecule has 0 atom stereocenters. The van der Waals surface area contributed by atoms with E-state index >= 15 is 0 Å². The maximum atomic E-state index is 11.3. The Balaban J connectivity index is 1.81. The molecule has 0 spiro atoms. The molecule has 0 saturated heterocycles. The van der Waals surface area contributed by atoms with Crippen LogP contribution in [-0.2, 0) is 0 Å². The molecule has 6 heteroatoms. The molecular weight excluding hydrogens is 304 g/mol. The molecule has 6 nitrogen and oxygen atoms in total. The SMILES string of the molecule is CC(=O)c1ccc(Nc2ncnc(Oc3ccccc3)c2N)cc1. The lowest BCUT2D eigenvalue weighted by atomic mass is 10.1. The van der Waals surface area contributed by atoms with Gasteiger partial charge in [-0.25, -0.2) is 4.98 Å². The molecule has 24 heavy (non-hydrogen) atoms. The average molecular weight is 320 g/mol. The number of aromatic nitrogens is 2. The summed E-state index contributed by atoms with van der Waals surface area (Å²) in [5, 5.41) is 3.10. The van der Waals surface area contributed by atoms with Crippen molar-refractivity contribution in [1.29, 1.82) is 0 Å². The van der Waals surface area contributed by atoms with Crippen molar-refractivity contribution >= 4 is 23.0 Å². The maximum absolute atomic E-state index is 11.3. The van der Waals surface area contributed by atoms with Gasteiger partial charge in [0.05, 0.1) is 0 Å². The van der Waals surface area contributed by atoms with E-state index in [0.717, 1.165) is 5.69 Å². The van der Waals surface area contributed by atoms with Crippen molar-refractivity contribution in [3.8, 4) is 11.6 Å². The van der Waals surface area contributed by atoms with Gasteiger partial charge in [-0.15, -0.1) is 0 Å². The van der Waals surface area contributed by atoms with Crippen LogP contribution in [0.1, 0.15) is 17.3 Å². The highest BCUT2D eigenvalue weighted by Gasteiger charge is 2.10. The largest absolute Gasteiger partial charge is 0.437 e. The molecule has 3 rings (SSSR count). The molecule has 0 fully saturated rings. The predicted molar refractivity (Wildman–Crippen MR) is 92.7 cm³/mol. The highest BCUT2D eigenvalue weighted by Crippen LogP contribution is 2.30. The Hall–Kier alpha value is -3.41. The van der Waals surface area contributed by atoms with Gasteiger partial charge >= 0.3 is 0 Å². The van der Waals surface area contributed by atoms with Gasteiger partial charge < -0.3 is 15.8 Å². The third-order valence-electron chi connectivity index (χ3n) is 3.36. The van der Waals surface area contributed by atoms with Crippen LogP contribution in [0.25, 0.3) is 0 Å². The first kappa shape index (κ1) is 15.5. The van der Waals surface area contributed by atoms with E-state index in [9.17, 15) is 4.79 Å². The lowest BCUT2D eigenvalue weighted by molar-refractivity contribution is 0.101. The topological polar surface area (TPSA) is 90.1 Å². The van der Waals surface area contributed by atoms with Crippen LogP contribution in [0, 0.1) is 0 Å². The molecule has 0 radical (unpaired) electrons. The molecule has 120 valence electrons. The number of hydrogen-bond acceptors (Lipinski definition) is 6. The smallest absolute Gasteiger partial charge is 0.248 e. The molecule has 2 aromatic carbocycles. The van der Waals surface area contributed by atoms with Gasteiger partial charge in [-0.1, -0.05) is 18.2 Å². The first-order chi connectivity index (χ1) is 11.6. The first-order valence-electron chi connectivity index (χ1n) is 7.35. The molecule has 0 aliphatic heterocycles. The third-order valence-corrected chi connectivity index (χ3v) is 3.36. The Morgan fingerprint density at radius 1 is 1.04 bits per heavy atom. The van der Waals surface area contributed by atoms with Gasteiger partial charge in [0.25, 0.3) is 0 Å². The Morgan fingerprint density at radius 3 is 2.42 bits per heavy atom. The summed E-state index contributed by atoms with van der Waals surface area (Å²) in [5.41, 5.74) is 7.80. The van der Waals surface area contributed by atoms with Crippen LogP contribution < -0.4 is 15.8 Å². The zero-order valence-electron chi connectivity index (χ0n) is 13.1. The minimum absolute atomic E-state index is 0.0154. The maximum Gasteiger partial charge on any atom is 0.248 e. The second-order valence-corrected chi connectivity index (χ2v) is 5.11. The molecule has 1 heterocycles. The van der Waals surface area contributed by atoms with Crippen molar-refractivity contribution in [2.75, 3.05) is 11.1 Å². The van der Waals surface area contributed by atoms with Crippen LogP contribution in [0.15, 0.2) is 60.9 Å². The van der Waals surface area contributed by atoms with Crippen molar-refractivity contribution in [2.24, 2.45) is 0 Å². The zero-order chi connectivity index (χ0) is 16.9. The molecule has 3 aromatic rings. The van der Waals surface area contributed by atoms with Crippen molar-refractivity contribution in [2.45, 2.75) is 6.92 Å². The third kappa shape index (κ3) is 3.49. The number of nitrogen functional groups attached to an aromatic ring is 1. The minimum atomic E-state index is 0.0154. The second kappa shape index (κ2) is 6.78. The molecule has 0 amide bonds. The van der Waals surface area contributed by atoms with Crippen LogP contribution in [-0.4, -0.2) is 15.8 Å². The number of rotatable bonds is 5. The van der Waals surface area contributed by atoms with E-state index < -0.39 is 0 Å². The molecule has 0 unspecified atom stereocenters. The van der Waals surface area contributed by atoms with Gasteiger partial charge in [-0.3, -0.25) is 4.79 Å². The van der Waals surface area contributed by atoms with Crippen LogP contribution >= 0.6 is 0 Å². The molecule has 3 N–H and O–H groups in total. The quantitative estimate of drug-likeness (QED) is 0.695. The van der Waals surface area contributed by atoms with E-state index in [1.165, 1.54) is 13.3 Å². The summed E-state index contributed by atoms with van der Waals surface area (Å²) < 4.78 is 5.68. The number of nitrogens with zero attached hydrogens (tertiary/aromatic N) is 2. The summed E-state index contributed by atoms with van der Waals surface area (Å²) in [7, 11) is 0. The van der Waals surface area contributed by atoms with Crippen molar-refractivity contribution in [3.63, 3.8) is 0 Å². The molecular formula is C18H16N4O2. The van der Waals surface area contributed by atoms with Crippen LogP contribution in [0.3, 0.4) is 0 Å². The number of ether oxygens (including phenoxy) is 1. The standard InChI is InChI=1S/C18H16N4O2/c1-12(23)13-7-9-14(10-8-13)22-17-16(19)18(21-11-20-17)24-15-5-3-2-4-6-15/h2-11H,19H2,1H3,(H,20,21,22). The van der Waals surface area contributed by atoms with E-state index in [4.69, 9.17) is 10.5 Å². The normalized spacial score (nSPS) is 10.2. The monoisotopic (exact) mass is 320 g/mol. The summed E-state index contributed by atoms with van der Waals surface area (Å²) in [6.45, 7) is 1.53. The predicted octanol–water partition coefficient (Wildman–Crippen LogP) is 3.80. The fraction of sp³-hybridized carbons (Fsp3) is 0.0556. The lowest BCUT2D eigenvalue weighted by Gasteiger charge is -2.12. The van der Waals surface area contributed by atoms with Crippen molar-refractivity contribution in [1.82, 2.24) is 9.97 Å². The fourth-order valence-corrected chi connectivity index (χ4v) is 2.09. The summed E-state index contributed by atoms with van der Waals surface area (Å²) >= 11 is 0. The number of carbonyl (C=O) groups is 1. The summed E-state index contributed by atoms with van der Waals surface area (Å²) in [6.07, 6.45) is 1.38. The number of benzene rings is 2.